The third kappa shape index (κ3) is 6.81. The number of H-pyrrole nitrogens is 1. The maximum absolute atomic E-state index is 13.3. The molecule has 1 unspecified atom stereocenters. The zero-order chi connectivity index (χ0) is 28.1. The fraction of sp³-hybridized carbons (Fsp3) is 0.367. The van der Waals surface area contributed by atoms with Gasteiger partial charge < -0.3 is 19.2 Å². The number of rotatable bonds is 12. The van der Waals surface area contributed by atoms with E-state index < -0.39 is 5.91 Å². The van der Waals surface area contributed by atoms with E-state index in [-0.39, 0.29) is 30.5 Å². The Bertz CT molecular complexity index is 1320. The van der Waals surface area contributed by atoms with Gasteiger partial charge in [-0.25, -0.2) is 0 Å². The molecule has 0 saturated heterocycles. The van der Waals surface area contributed by atoms with E-state index in [1.165, 1.54) is 12.0 Å². The first-order valence-corrected chi connectivity index (χ1v) is 13.4. The van der Waals surface area contributed by atoms with Crippen molar-refractivity contribution in [3.63, 3.8) is 0 Å². The molecule has 1 aliphatic carbocycles. The van der Waals surface area contributed by atoms with Gasteiger partial charge in [-0.1, -0.05) is 44.5 Å². The van der Waals surface area contributed by atoms with Crippen molar-refractivity contribution < 1.29 is 23.8 Å². The number of ether oxygens (including phenoxy) is 3. The first kappa shape index (κ1) is 28.2. The summed E-state index contributed by atoms with van der Waals surface area (Å²) in [5.41, 5.74) is 2.51. The van der Waals surface area contributed by atoms with Crippen molar-refractivity contribution in [1.29, 1.82) is 5.41 Å². The fourth-order valence-corrected chi connectivity index (χ4v) is 4.19. The third-order valence-corrected chi connectivity index (χ3v) is 7.31. The summed E-state index contributed by atoms with van der Waals surface area (Å²) >= 11 is 5.98. The molecular formula is C30H34ClN3O5. The number of anilines is 1. The molecule has 206 valence electrons. The van der Waals surface area contributed by atoms with Crippen LogP contribution in [0.1, 0.15) is 44.1 Å². The van der Waals surface area contributed by atoms with Crippen LogP contribution in [0.15, 0.2) is 54.7 Å². The topological polar surface area (TPSA) is 105 Å². The van der Waals surface area contributed by atoms with E-state index in [2.05, 4.69) is 4.98 Å². The maximum atomic E-state index is 13.3. The summed E-state index contributed by atoms with van der Waals surface area (Å²) in [4.78, 5) is 30.0. The summed E-state index contributed by atoms with van der Waals surface area (Å²) < 4.78 is 17.4. The Hall–Kier alpha value is -3.78. The zero-order valence-electron chi connectivity index (χ0n) is 22.6. The van der Waals surface area contributed by atoms with Gasteiger partial charge in [-0.05, 0) is 66.1 Å². The summed E-state index contributed by atoms with van der Waals surface area (Å²) in [6.45, 7) is 6.08. The molecule has 0 spiro atoms. The SMILES string of the molecule is COc1cc(N(C=N)C(=O)c2cc(-c3ccc(Cl)cc3)c[nH]2)ccc1OCC(OC(=O)[C@H](C)C(C)C)C1CC1. The van der Waals surface area contributed by atoms with Crippen LogP contribution in [0, 0.1) is 23.2 Å². The molecular weight excluding hydrogens is 518 g/mol. The summed E-state index contributed by atoms with van der Waals surface area (Å²) in [5.74, 6) is 0.548. The van der Waals surface area contributed by atoms with Crippen LogP contribution in [0.25, 0.3) is 11.1 Å². The minimum Gasteiger partial charge on any atom is -0.493 e. The van der Waals surface area contributed by atoms with E-state index in [9.17, 15) is 9.59 Å². The number of esters is 1. The van der Waals surface area contributed by atoms with Crippen LogP contribution in [0.2, 0.25) is 5.02 Å². The Morgan fingerprint density at radius 1 is 1.08 bits per heavy atom. The quantitative estimate of drug-likeness (QED) is 0.150. The number of aromatic amines is 1. The molecule has 4 rings (SSSR count). The molecule has 1 saturated carbocycles. The summed E-state index contributed by atoms with van der Waals surface area (Å²) in [5, 5.41) is 8.54. The van der Waals surface area contributed by atoms with Crippen molar-refractivity contribution in [2.24, 2.45) is 17.8 Å². The van der Waals surface area contributed by atoms with Crippen LogP contribution in [0.5, 0.6) is 11.5 Å². The Morgan fingerprint density at radius 2 is 1.79 bits per heavy atom. The van der Waals surface area contributed by atoms with Crippen molar-refractivity contribution in [3.05, 3.63) is 65.4 Å². The molecule has 0 bridgehead atoms. The highest BCUT2D eigenvalue weighted by molar-refractivity contribution is 6.30. The van der Waals surface area contributed by atoms with Crippen molar-refractivity contribution in [3.8, 4) is 22.6 Å². The molecule has 39 heavy (non-hydrogen) atoms. The number of nitrogens with one attached hydrogen (secondary N) is 2. The van der Waals surface area contributed by atoms with Crippen molar-refractivity contribution in [1.82, 2.24) is 4.98 Å². The Balaban J connectivity index is 1.46. The molecule has 1 aliphatic rings. The predicted octanol–water partition coefficient (Wildman–Crippen LogP) is 6.59. The number of aromatic nitrogens is 1. The molecule has 2 N–H and O–H groups in total. The van der Waals surface area contributed by atoms with Crippen molar-refractivity contribution >= 4 is 35.5 Å². The first-order chi connectivity index (χ1) is 18.7. The van der Waals surface area contributed by atoms with E-state index in [1.54, 1.807) is 42.6 Å². The summed E-state index contributed by atoms with van der Waals surface area (Å²) in [7, 11) is 1.51. The Morgan fingerprint density at radius 3 is 2.41 bits per heavy atom. The van der Waals surface area contributed by atoms with Gasteiger partial charge in [0.1, 0.15) is 18.4 Å². The highest BCUT2D eigenvalue weighted by atomic mass is 35.5. The number of carbonyl (C=O) groups is 2. The second-order valence-electron chi connectivity index (χ2n) is 10.1. The van der Waals surface area contributed by atoms with Crippen molar-refractivity contribution in [2.45, 2.75) is 39.7 Å². The van der Waals surface area contributed by atoms with Gasteiger partial charge in [0.2, 0.25) is 0 Å². The van der Waals surface area contributed by atoms with Crippen LogP contribution in [-0.2, 0) is 9.53 Å². The molecule has 0 radical (unpaired) electrons. The molecule has 2 aromatic carbocycles. The largest absolute Gasteiger partial charge is 0.493 e. The third-order valence-electron chi connectivity index (χ3n) is 7.05. The van der Waals surface area contributed by atoms with E-state index in [0.717, 1.165) is 30.3 Å². The van der Waals surface area contributed by atoms with Gasteiger partial charge in [0, 0.05) is 17.3 Å². The lowest BCUT2D eigenvalue weighted by Gasteiger charge is -2.23. The average molecular weight is 552 g/mol. The highest BCUT2D eigenvalue weighted by Crippen LogP contribution is 2.37. The number of benzene rings is 2. The number of hydrogen-bond donors (Lipinski definition) is 2. The second kappa shape index (κ2) is 12.4. The number of halogens is 1. The lowest BCUT2D eigenvalue weighted by atomic mass is 9.98. The molecule has 1 amide bonds. The maximum Gasteiger partial charge on any atom is 0.309 e. The van der Waals surface area contributed by atoms with Crippen LogP contribution >= 0.6 is 11.6 Å². The van der Waals surface area contributed by atoms with E-state index in [1.807, 2.05) is 32.9 Å². The standard InChI is InChI=1S/C30H34ClN3O5/c1-18(2)19(3)30(36)39-28(21-5-6-21)16-38-26-12-11-24(14-27(26)37-4)34(17-32)29(35)25-13-22(15-33-25)20-7-9-23(31)10-8-20/h7-15,17-19,21,28,32-33H,5-6,16H2,1-4H3/t19-,28?/m1/s1. The Kier molecular flexibility index (Phi) is 8.97. The number of carbonyl (C=O) groups excluding carboxylic acids is 2. The number of amides is 1. The van der Waals surface area contributed by atoms with Gasteiger partial charge in [0.25, 0.3) is 5.91 Å². The van der Waals surface area contributed by atoms with E-state index in [4.69, 9.17) is 31.2 Å². The Labute approximate surface area is 233 Å². The van der Waals surface area contributed by atoms with Gasteiger partial charge in [-0.15, -0.1) is 0 Å². The summed E-state index contributed by atoms with van der Waals surface area (Å²) in [6, 6.07) is 14.1. The smallest absolute Gasteiger partial charge is 0.309 e. The molecule has 3 aromatic rings. The molecule has 1 aromatic heterocycles. The monoisotopic (exact) mass is 551 g/mol. The van der Waals surface area contributed by atoms with Crippen LogP contribution in [0.4, 0.5) is 5.69 Å². The minimum absolute atomic E-state index is 0.188. The molecule has 1 fully saturated rings. The van der Waals surface area contributed by atoms with Gasteiger partial charge in [-0.3, -0.25) is 19.9 Å². The molecule has 2 atom stereocenters. The lowest BCUT2D eigenvalue weighted by molar-refractivity contribution is -0.157. The molecule has 1 heterocycles. The zero-order valence-corrected chi connectivity index (χ0v) is 23.3. The predicted molar refractivity (Wildman–Crippen MR) is 152 cm³/mol. The number of nitrogens with zero attached hydrogens (tertiary/aromatic N) is 1. The number of methoxy groups -OCH3 is 1. The molecule has 8 nitrogen and oxygen atoms in total. The van der Waals surface area contributed by atoms with Crippen LogP contribution in [0.3, 0.4) is 0 Å². The van der Waals surface area contributed by atoms with Gasteiger partial charge in [0.05, 0.1) is 25.1 Å². The fourth-order valence-electron chi connectivity index (χ4n) is 4.07. The summed E-state index contributed by atoms with van der Waals surface area (Å²) in [6.07, 6.45) is 4.37. The van der Waals surface area contributed by atoms with Gasteiger partial charge in [-0.2, -0.15) is 0 Å². The lowest BCUT2D eigenvalue weighted by Crippen LogP contribution is -2.31. The average Bonchev–Trinajstić information content (AvgIpc) is 3.67. The highest BCUT2D eigenvalue weighted by Gasteiger charge is 2.36. The van der Waals surface area contributed by atoms with Crippen LogP contribution in [-0.4, -0.2) is 43.0 Å². The van der Waals surface area contributed by atoms with Crippen LogP contribution < -0.4 is 14.4 Å². The molecule has 9 heteroatoms. The normalized spacial score (nSPS) is 14.4. The van der Waals surface area contributed by atoms with Gasteiger partial charge in [0.15, 0.2) is 11.5 Å². The first-order valence-electron chi connectivity index (χ1n) is 13.0. The second-order valence-corrected chi connectivity index (χ2v) is 10.5. The van der Waals surface area contributed by atoms with E-state index in [0.29, 0.717) is 33.8 Å². The van der Waals surface area contributed by atoms with Gasteiger partial charge >= 0.3 is 5.97 Å². The van der Waals surface area contributed by atoms with Crippen molar-refractivity contribution in [2.75, 3.05) is 18.6 Å². The van der Waals surface area contributed by atoms with E-state index >= 15 is 0 Å². The minimum atomic E-state index is -0.402. The molecule has 0 aliphatic heterocycles. The number of hydrogen-bond acceptors (Lipinski definition) is 6.